The molecule has 7 heteroatoms. The Balaban J connectivity index is 1.96. The first-order valence-electron chi connectivity index (χ1n) is 6.51. The quantitative estimate of drug-likeness (QED) is 0.850. The summed E-state index contributed by atoms with van der Waals surface area (Å²) in [6, 6.07) is 3.59. The van der Waals surface area contributed by atoms with E-state index in [4.69, 9.17) is 23.2 Å². The van der Waals surface area contributed by atoms with Gasteiger partial charge in [-0.1, -0.05) is 29.3 Å². The molecule has 3 rings (SSSR count). The Bertz CT molecular complexity index is 670. The number of hydrogen-bond donors (Lipinski definition) is 1. The maximum absolute atomic E-state index is 12.5. The number of nitrogens with one attached hydrogen (secondary N) is 1. The number of barbiturate groups is 1. The smallest absolute Gasteiger partial charge is 0.277 e. The molecule has 1 saturated heterocycles. The van der Waals surface area contributed by atoms with Crippen LogP contribution in [0.2, 0.25) is 10.0 Å². The van der Waals surface area contributed by atoms with Crippen molar-refractivity contribution in [2.45, 2.75) is 25.8 Å². The van der Waals surface area contributed by atoms with Crippen LogP contribution in [0.25, 0.3) is 0 Å². The molecule has 1 unspecified atom stereocenters. The van der Waals surface area contributed by atoms with Crippen LogP contribution in [0.3, 0.4) is 0 Å². The van der Waals surface area contributed by atoms with Crippen LogP contribution >= 0.6 is 23.2 Å². The minimum absolute atomic E-state index is 0.373. The first kappa shape index (κ1) is 14.4. The zero-order valence-electron chi connectivity index (χ0n) is 11.2. The molecule has 0 aromatic heterocycles. The number of hydrogen-bond acceptors (Lipinski definition) is 3. The first-order chi connectivity index (χ1) is 9.86. The van der Waals surface area contributed by atoms with E-state index in [9.17, 15) is 14.4 Å². The molecule has 1 aromatic carbocycles. The lowest BCUT2D eigenvalue weighted by Gasteiger charge is -2.34. The minimum atomic E-state index is -1.05. The molecule has 1 saturated carbocycles. The van der Waals surface area contributed by atoms with E-state index in [1.54, 1.807) is 25.1 Å². The number of rotatable bonds is 2. The maximum Gasteiger partial charge on any atom is 0.331 e. The maximum atomic E-state index is 12.5. The number of nitrogens with zero attached hydrogens (tertiary/aromatic N) is 1. The molecule has 1 aromatic rings. The molecule has 2 fully saturated rings. The fourth-order valence-electron chi connectivity index (χ4n) is 2.59. The molecule has 1 aliphatic heterocycles. The van der Waals surface area contributed by atoms with Gasteiger partial charge in [-0.2, -0.15) is 0 Å². The second-order valence-corrected chi connectivity index (χ2v) is 6.20. The summed E-state index contributed by atoms with van der Waals surface area (Å²) in [5.41, 5.74) is -0.448. The largest absolute Gasteiger partial charge is 0.331 e. The highest BCUT2D eigenvalue weighted by molar-refractivity contribution is 6.35. The van der Waals surface area contributed by atoms with Gasteiger partial charge in [0.1, 0.15) is 5.41 Å². The molecule has 4 amide bonds. The van der Waals surface area contributed by atoms with Gasteiger partial charge >= 0.3 is 6.03 Å². The van der Waals surface area contributed by atoms with Crippen molar-refractivity contribution in [1.29, 1.82) is 0 Å². The predicted molar refractivity (Wildman–Crippen MR) is 76.9 cm³/mol. The molecular weight excluding hydrogens is 315 g/mol. The number of benzene rings is 1. The third-order valence-electron chi connectivity index (χ3n) is 4.05. The molecule has 1 atom stereocenters. The van der Waals surface area contributed by atoms with E-state index in [0.29, 0.717) is 28.5 Å². The van der Waals surface area contributed by atoms with Gasteiger partial charge in [0.05, 0.1) is 6.04 Å². The second-order valence-electron chi connectivity index (χ2n) is 5.36. The van der Waals surface area contributed by atoms with Gasteiger partial charge in [0.15, 0.2) is 0 Å². The standard InChI is InChI=1S/C14H12Cl2N2O3/c1-7(9-3-2-8(15)6-10(9)16)18-12(20)14(4-5-14)11(19)17-13(18)21/h2-3,6-7H,4-5H2,1H3,(H,17,19,21). The van der Waals surface area contributed by atoms with E-state index >= 15 is 0 Å². The number of urea groups is 1. The van der Waals surface area contributed by atoms with Crippen molar-refractivity contribution in [3.8, 4) is 0 Å². The predicted octanol–water partition coefficient (Wildman–Crippen LogP) is 2.91. The molecule has 110 valence electrons. The van der Waals surface area contributed by atoms with Crippen molar-refractivity contribution in [3.05, 3.63) is 33.8 Å². The number of carbonyl (C=O) groups is 3. The van der Waals surface area contributed by atoms with Gasteiger partial charge in [-0.05, 0) is 37.5 Å². The lowest BCUT2D eigenvalue weighted by molar-refractivity contribution is -0.146. The molecule has 2 aliphatic rings. The molecule has 1 N–H and O–H groups in total. The van der Waals surface area contributed by atoms with Crippen LogP contribution in [-0.2, 0) is 9.59 Å². The summed E-state index contributed by atoms with van der Waals surface area (Å²) < 4.78 is 0. The van der Waals surface area contributed by atoms with E-state index in [2.05, 4.69) is 5.32 Å². The summed E-state index contributed by atoms with van der Waals surface area (Å²) in [4.78, 5) is 37.4. The van der Waals surface area contributed by atoms with Gasteiger partial charge in [0, 0.05) is 10.0 Å². The first-order valence-corrected chi connectivity index (χ1v) is 7.26. The van der Waals surface area contributed by atoms with E-state index < -0.39 is 29.3 Å². The van der Waals surface area contributed by atoms with E-state index in [-0.39, 0.29) is 0 Å². The topological polar surface area (TPSA) is 66.5 Å². The van der Waals surface area contributed by atoms with Crippen molar-refractivity contribution in [2.75, 3.05) is 0 Å². The number of halogens is 2. The molecule has 1 spiro atoms. The molecule has 0 bridgehead atoms. The Kier molecular flexibility index (Phi) is 3.22. The van der Waals surface area contributed by atoms with Crippen LogP contribution in [0.4, 0.5) is 4.79 Å². The van der Waals surface area contributed by atoms with E-state index in [0.717, 1.165) is 4.90 Å². The van der Waals surface area contributed by atoms with Crippen molar-refractivity contribution >= 4 is 41.0 Å². The normalized spacial score (nSPS) is 21.5. The fraction of sp³-hybridized carbons (Fsp3) is 0.357. The van der Waals surface area contributed by atoms with Gasteiger partial charge in [-0.15, -0.1) is 0 Å². The Morgan fingerprint density at radius 3 is 2.48 bits per heavy atom. The molecule has 1 heterocycles. The Morgan fingerprint density at radius 2 is 1.90 bits per heavy atom. The fourth-order valence-corrected chi connectivity index (χ4v) is 3.16. The van der Waals surface area contributed by atoms with E-state index in [1.807, 2.05) is 0 Å². The SMILES string of the molecule is CC(c1ccc(Cl)cc1Cl)N1C(=O)NC(=O)C2(CC2)C1=O. The van der Waals surface area contributed by atoms with Crippen LogP contribution in [0.5, 0.6) is 0 Å². The zero-order valence-corrected chi connectivity index (χ0v) is 12.7. The average Bonchev–Trinajstić information content (AvgIpc) is 3.18. The summed E-state index contributed by atoms with van der Waals surface area (Å²) in [5, 5.41) is 3.10. The monoisotopic (exact) mass is 326 g/mol. The second kappa shape index (κ2) is 4.71. The van der Waals surface area contributed by atoms with Crippen molar-refractivity contribution in [1.82, 2.24) is 10.2 Å². The highest BCUT2D eigenvalue weighted by Gasteiger charge is 2.62. The minimum Gasteiger partial charge on any atom is -0.277 e. The highest BCUT2D eigenvalue weighted by Crippen LogP contribution is 2.50. The van der Waals surface area contributed by atoms with Gasteiger partial charge < -0.3 is 0 Å². The summed E-state index contributed by atoms with van der Waals surface area (Å²) >= 11 is 12.0. The van der Waals surface area contributed by atoms with Crippen LogP contribution in [0.15, 0.2) is 18.2 Å². The molecule has 0 radical (unpaired) electrons. The number of amides is 4. The number of carbonyl (C=O) groups excluding carboxylic acids is 3. The molecule has 5 nitrogen and oxygen atoms in total. The highest BCUT2D eigenvalue weighted by atomic mass is 35.5. The molecular formula is C14H12Cl2N2O3. The molecule has 21 heavy (non-hydrogen) atoms. The Morgan fingerprint density at radius 1 is 1.24 bits per heavy atom. The third-order valence-corrected chi connectivity index (χ3v) is 4.61. The van der Waals surface area contributed by atoms with Crippen molar-refractivity contribution < 1.29 is 14.4 Å². The van der Waals surface area contributed by atoms with Gasteiger partial charge in [0.2, 0.25) is 11.8 Å². The summed E-state index contributed by atoms with van der Waals surface area (Å²) in [7, 11) is 0. The lowest BCUT2D eigenvalue weighted by Crippen LogP contribution is -2.59. The Hall–Kier alpha value is -1.59. The molecule has 1 aliphatic carbocycles. The zero-order chi connectivity index (χ0) is 15.4. The average molecular weight is 327 g/mol. The van der Waals surface area contributed by atoms with Gasteiger partial charge in [-0.3, -0.25) is 19.8 Å². The summed E-state index contributed by atoms with van der Waals surface area (Å²) in [6.45, 7) is 1.69. The number of imide groups is 2. The van der Waals surface area contributed by atoms with Crippen LogP contribution in [0.1, 0.15) is 31.4 Å². The summed E-state index contributed by atoms with van der Waals surface area (Å²) in [6.07, 6.45) is 0.949. The summed E-state index contributed by atoms with van der Waals surface area (Å²) in [5.74, 6) is -0.946. The van der Waals surface area contributed by atoms with Crippen molar-refractivity contribution in [2.24, 2.45) is 5.41 Å². The van der Waals surface area contributed by atoms with Crippen LogP contribution in [0, 0.1) is 5.41 Å². The van der Waals surface area contributed by atoms with Crippen molar-refractivity contribution in [3.63, 3.8) is 0 Å². The van der Waals surface area contributed by atoms with Crippen LogP contribution in [-0.4, -0.2) is 22.7 Å². The van der Waals surface area contributed by atoms with Gasteiger partial charge in [-0.25, -0.2) is 4.79 Å². The van der Waals surface area contributed by atoms with E-state index in [1.165, 1.54) is 0 Å². The van der Waals surface area contributed by atoms with Gasteiger partial charge in [0.25, 0.3) is 0 Å². The Labute approximate surface area is 131 Å². The lowest BCUT2D eigenvalue weighted by atomic mass is 9.98. The van der Waals surface area contributed by atoms with Crippen LogP contribution < -0.4 is 5.32 Å². The third kappa shape index (κ3) is 2.12.